The third-order valence-electron chi connectivity index (χ3n) is 4.08. The zero-order chi connectivity index (χ0) is 13.2. The van der Waals surface area contributed by atoms with E-state index in [1.807, 2.05) is 0 Å². The van der Waals surface area contributed by atoms with Crippen LogP contribution in [0.1, 0.15) is 50.6 Å². The van der Waals surface area contributed by atoms with Crippen LogP contribution in [0, 0.1) is 17.0 Å². The van der Waals surface area contributed by atoms with Gasteiger partial charge in [-0.05, 0) is 36.0 Å². The lowest BCUT2D eigenvalue weighted by Gasteiger charge is -2.40. The molecule has 1 unspecified atom stereocenters. The highest BCUT2D eigenvalue weighted by molar-refractivity contribution is 5.23. The molecular weight excluding hydrogens is 234 g/mol. The van der Waals surface area contributed by atoms with E-state index < -0.39 is 11.6 Å². The van der Waals surface area contributed by atoms with Crippen molar-refractivity contribution in [1.82, 2.24) is 5.43 Å². The molecule has 0 spiro atoms. The van der Waals surface area contributed by atoms with Crippen LogP contribution < -0.4 is 11.3 Å². The van der Waals surface area contributed by atoms with Crippen LogP contribution in [0.4, 0.5) is 8.78 Å². The van der Waals surface area contributed by atoms with E-state index in [2.05, 4.69) is 12.3 Å². The maximum atomic E-state index is 13.3. The predicted molar refractivity (Wildman–Crippen MR) is 67.6 cm³/mol. The molecule has 2 rings (SSSR count). The number of hydrazine groups is 1. The highest BCUT2D eigenvalue weighted by Crippen LogP contribution is 2.45. The van der Waals surface area contributed by atoms with E-state index in [0.29, 0.717) is 5.56 Å². The van der Waals surface area contributed by atoms with Crippen molar-refractivity contribution in [3.05, 3.63) is 35.4 Å². The zero-order valence-corrected chi connectivity index (χ0v) is 10.7. The fourth-order valence-corrected chi connectivity index (χ4v) is 3.09. The number of nitrogens with one attached hydrogen (secondary N) is 1. The van der Waals surface area contributed by atoms with Gasteiger partial charge in [-0.3, -0.25) is 11.3 Å². The van der Waals surface area contributed by atoms with E-state index in [1.54, 1.807) is 0 Å². The fourth-order valence-electron chi connectivity index (χ4n) is 3.09. The number of hydrogen-bond donors (Lipinski definition) is 2. The largest absolute Gasteiger partial charge is 0.271 e. The van der Waals surface area contributed by atoms with E-state index in [4.69, 9.17) is 5.84 Å². The molecule has 4 heteroatoms. The first kappa shape index (κ1) is 13.4. The van der Waals surface area contributed by atoms with Crippen LogP contribution in [-0.2, 0) is 0 Å². The third-order valence-corrected chi connectivity index (χ3v) is 4.08. The molecule has 3 N–H and O–H groups in total. The second kappa shape index (κ2) is 5.33. The van der Waals surface area contributed by atoms with Gasteiger partial charge in [-0.1, -0.05) is 26.2 Å². The van der Waals surface area contributed by atoms with Crippen LogP contribution >= 0.6 is 0 Å². The summed E-state index contributed by atoms with van der Waals surface area (Å²) in [6, 6.07) is 3.42. The van der Waals surface area contributed by atoms with E-state index in [1.165, 1.54) is 18.6 Å². The minimum atomic E-state index is -0.551. The van der Waals surface area contributed by atoms with Gasteiger partial charge in [-0.2, -0.15) is 0 Å². The maximum absolute atomic E-state index is 13.3. The standard InChI is InChI=1S/C14H20F2N2/c1-14(5-3-2-4-6-14)13(18-17)10-7-11(15)9-12(16)8-10/h7-9,13,18H,2-6,17H2,1H3. The molecule has 18 heavy (non-hydrogen) atoms. The summed E-state index contributed by atoms with van der Waals surface area (Å²) < 4.78 is 26.6. The summed E-state index contributed by atoms with van der Waals surface area (Å²) in [7, 11) is 0. The number of hydrogen-bond acceptors (Lipinski definition) is 2. The average Bonchev–Trinajstić information content (AvgIpc) is 2.29. The molecule has 1 aromatic carbocycles. The van der Waals surface area contributed by atoms with Gasteiger partial charge in [0.15, 0.2) is 0 Å². The Morgan fingerprint density at radius 1 is 1.11 bits per heavy atom. The molecule has 1 aromatic rings. The van der Waals surface area contributed by atoms with Crippen molar-refractivity contribution in [2.75, 3.05) is 0 Å². The van der Waals surface area contributed by atoms with Crippen molar-refractivity contribution in [2.45, 2.75) is 45.1 Å². The van der Waals surface area contributed by atoms with Gasteiger partial charge >= 0.3 is 0 Å². The molecule has 0 amide bonds. The van der Waals surface area contributed by atoms with Gasteiger partial charge in [-0.15, -0.1) is 0 Å². The van der Waals surface area contributed by atoms with Crippen molar-refractivity contribution in [1.29, 1.82) is 0 Å². The summed E-state index contributed by atoms with van der Waals surface area (Å²) in [4.78, 5) is 0. The number of nitrogens with two attached hydrogens (primary N) is 1. The van der Waals surface area contributed by atoms with Crippen LogP contribution in [0.2, 0.25) is 0 Å². The topological polar surface area (TPSA) is 38.0 Å². The summed E-state index contributed by atoms with van der Waals surface area (Å²) >= 11 is 0. The maximum Gasteiger partial charge on any atom is 0.126 e. The minimum absolute atomic E-state index is 0.0345. The molecule has 0 radical (unpaired) electrons. The molecule has 1 aliphatic carbocycles. The van der Waals surface area contributed by atoms with Gasteiger partial charge < -0.3 is 0 Å². The summed E-state index contributed by atoms with van der Waals surface area (Å²) in [5.74, 6) is 4.52. The predicted octanol–water partition coefficient (Wildman–Crippen LogP) is 3.44. The quantitative estimate of drug-likeness (QED) is 0.640. The highest BCUT2D eigenvalue weighted by atomic mass is 19.1. The normalized spacial score (nSPS) is 20.7. The first-order valence-corrected chi connectivity index (χ1v) is 6.47. The van der Waals surface area contributed by atoms with Crippen molar-refractivity contribution in [2.24, 2.45) is 11.3 Å². The van der Waals surface area contributed by atoms with Gasteiger partial charge in [0.25, 0.3) is 0 Å². The molecule has 1 saturated carbocycles. The molecule has 100 valence electrons. The molecule has 0 saturated heterocycles. The van der Waals surface area contributed by atoms with Gasteiger partial charge in [0.1, 0.15) is 11.6 Å². The zero-order valence-electron chi connectivity index (χ0n) is 10.7. The molecule has 0 aliphatic heterocycles. The summed E-state index contributed by atoms with van der Waals surface area (Å²) in [6.45, 7) is 2.14. The van der Waals surface area contributed by atoms with E-state index >= 15 is 0 Å². The van der Waals surface area contributed by atoms with Crippen LogP contribution in [0.15, 0.2) is 18.2 Å². The summed E-state index contributed by atoms with van der Waals surface area (Å²) in [5.41, 5.74) is 3.31. The van der Waals surface area contributed by atoms with Gasteiger partial charge in [0.2, 0.25) is 0 Å². The van der Waals surface area contributed by atoms with Crippen LogP contribution in [0.3, 0.4) is 0 Å². The number of halogens is 2. The van der Waals surface area contributed by atoms with Crippen LogP contribution in [0.25, 0.3) is 0 Å². The van der Waals surface area contributed by atoms with Crippen LogP contribution in [-0.4, -0.2) is 0 Å². The Bertz CT molecular complexity index is 394. The lowest BCUT2D eigenvalue weighted by atomic mass is 9.69. The van der Waals surface area contributed by atoms with Crippen LogP contribution in [0.5, 0.6) is 0 Å². The van der Waals surface area contributed by atoms with Gasteiger partial charge in [0.05, 0.1) is 6.04 Å². The first-order valence-electron chi connectivity index (χ1n) is 6.47. The lowest BCUT2D eigenvalue weighted by molar-refractivity contribution is 0.144. The Kier molecular flexibility index (Phi) is 3.97. The molecule has 1 aliphatic rings. The molecule has 0 aromatic heterocycles. The third kappa shape index (κ3) is 2.70. The molecule has 1 fully saturated rings. The molecule has 1 atom stereocenters. The second-order valence-electron chi connectivity index (χ2n) is 5.52. The molecule has 0 heterocycles. The number of benzene rings is 1. The summed E-state index contributed by atoms with van der Waals surface area (Å²) in [5, 5.41) is 0. The van der Waals surface area contributed by atoms with Crippen molar-refractivity contribution >= 4 is 0 Å². The van der Waals surface area contributed by atoms with Gasteiger partial charge in [-0.25, -0.2) is 8.78 Å². The van der Waals surface area contributed by atoms with Crippen molar-refractivity contribution < 1.29 is 8.78 Å². The lowest BCUT2D eigenvalue weighted by Crippen LogP contribution is -2.41. The molecule has 0 bridgehead atoms. The van der Waals surface area contributed by atoms with Gasteiger partial charge in [0, 0.05) is 6.07 Å². The Morgan fingerprint density at radius 2 is 1.67 bits per heavy atom. The van der Waals surface area contributed by atoms with E-state index in [-0.39, 0.29) is 11.5 Å². The average molecular weight is 254 g/mol. The summed E-state index contributed by atoms with van der Waals surface area (Å²) in [6.07, 6.45) is 5.57. The smallest absolute Gasteiger partial charge is 0.126 e. The van der Waals surface area contributed by atoms with Crippen molar-refractivity contribution in [3.8, 4) is 0 Å². The highest BCUT2D eigenvalue weighted by Gasteiger charge is 2.36. The molecule has 2 nitrogen and oxygen atoms in total. The Morgan fingerprint density at radius 3 is 2.17 bits per heavy atom. The Labute approximate surface area is 107 Å². The van der Waals surface area contributed by atoms with E-state index in [0.717, 1.165) is 31.7 Å². The first-order chi connectivity index (χ1) is 8.55. The number of rotatable bonds is 3. The SMILES string of the molecule is CC1(C(NN)c2cc(F)cc(F)c2)CCCCC1. The van der Waals surface area contributed by atoms with Crippen molar-refractivity contribution in [3.63, 3.8) is 0 Å². The molecular formula is C14H20F2N2. The fraction of sp³-hybridized carbons (Fsp3) is 0.571. The monoisotopic (exact) mass is 254 g/mol. The second-order valence-corrected chi connectivity index (χ2v) is 5.52. The van der Waals surface area contributed by atoms with E-state index in [9.17, 15) is 8.78 Å². The Hall–Kier alpha value is -1.00. The minimum Gasteiger partial charge on any atom is -0.271 e. The Balaban J connectivity index is 2.31.